The summed E-state index contributed by atoms with van der Waals surface area (Å²) in [5, 5.41) is 0. The fraction of sp³-hybridized carbons (Fsp3) is 0.889. The molecule has 0 bridgehead atoms. The molecule has 5 nitrogen and oxygen atoms in total. The maximum Gasteiger partial charge on any atom is 0.306 e. The summed E-state index contributed by atoms with van der Waals surface area (Å²) >= 11 is 0. The van der Waals surface area contributed by atoms with E-state index in [1.807, 2.05) is 41.5 Å². The number of esters is 2. The van der Waals surface area contributed by atoms with Crippen molar-refractivity contribution in [3.63, 3.8) is 0 Å². The molecule has 0 heterocycles. The maximum absolute atomic E-state index is 11.7. The topological polar surface area (TPSA) is 61.8 Å². The first kappa shape index (κ1) is 21.9. The van der Waals surface area contributed by atoms with Gasteiger partial charge in [0.25, 0.3) is 0 Å². The lowest BCUT2D eigenvalue weighted by atomic mass is 10.1. The highest BCUT2D eigenvalue weighted by Gasteiger charge is 2.18. The monoisotopic (exact) mass is 330 g/mol. The molecular formula is C18H34O5. The van der Waals surface area contributed by atoms with Crippen LogP contribution in [-0.2, 0) is 23.8 Å². The molecule has 0 saturated heterocycles. The molecule has 0 aliphatic heterocycles. The van der Waals surface area contributed by atoms with Crippen LogP contribution in [0.3, 0.4) is 0 Å². The fourth-order valence-electron chi connectivity index (χ4n) is 1.98. The SMILES string of the molecule is CCC(OC(=O)CCCC(=O)OC(C)COC(C)(C)C)C(C)C. The standard InChI is InChI=1S/C18H34O5/c1-8-15(13(2)3)23-17(20)11-9-10-16(19)22-14(4)12-21-18(5,6)7/h13-15H,8-12H2,1-7H3. The Morgan fingerprint density at radius 1 is 0.957 bits per heavy atom. The molecular weight excluding hydrogens is 296 g/mol. The van der Waals surface area contributed by atoms with E-state index in [1.54, 1.807) is 6.92 Å². The van der Waals surface area contributed by atoms with E-state index < -0.39 is 0 Å². The number of carbonyl (C=O) groups is 2. The van der Waals surface area contributed by atoms with E-state index >= 15 is 0 Å². The van der Waals surface area contributed by atoms with Crippen molar-refractivity contribution < 1.29 is 23.8 Å². The third kappa shape index (κ3) is 12.0. The fourth-order valence-corrected chi connectivity index (χ4v) is 1.98. The molecule has 2 unspecified atom stereocenters. The Balaban J connectivity index is 3.91. The minimum atomic E-state index is -0.307. The van der Waals surface area contributed by atoms with Crippen LogP contribution in [0.15, 0.2) is 0 Å². The first-order valence-corrected chi connectivity index (χ1v) is 8.58. The molecule has 0 spiro atoms. The number of ether oxygens (including phenoxy) is 3. The van der Waals surface area contributed by atoms with E-state index in [9.17, 15) is 9.59 Å². The van der Waals surface area contributed by atoms with Crippen molar-refractivity contribution in [2.24, 2.45) is 5.92 Å². The molecule has 23 heavy (non-hydrogen) atoms. The first-order chi connectivity index (χ1) is 10.5. The van der Waals surface area contributed by atoms with E-state index in [-0.39, 0.29) is 42.6 Å². The van der Waals surface area contributed by atoms with E-state index in [0.717, 1.165) is 6.42 Å². The minimum absolute atomic E-state index is 0.0518. The van der Waals surface area contributed by atoms with Crippen LogP contribution in [0.5, 0.6) is 0 Å². The zero-order valence-electron chi connectivity index (χ0n) is 15.8. The van der Waals surface area contributed by atoms with Crippen molar-refractivity contribution in [2.45, 2.75) is 92.0 Å². The second-order valence-corrected chi connectivity index (χ2v) is 7.26. The summed E-state index contributed by atoms with van der Waals surface area (Å²) in [6.07, 6.45) is 1.36. The van der Waals surface area contributed by atoms with E-state index in [1.165, 1.54) is 0 Å². The average molecular weight is 330 g/mol. The van der Waals surface area contributed by atoms with Crippen molar-refractivity contribution in [1.29, 1.82) is 0 Å². The molecule has 0 aromatic heterocycles. The molecule has 0 aromatic carbocycles. The van der Waals surface area contributed by atoms with Crippen molar-refractivity contribution in [2.75, 3.05) is 6.61 Å². The van der Waals surface area contributed by atoms with Crippen LogP contribution in [0.2, 0.25) is 0 Å². The van der Waals surface area contributed by atoms with Crippen molar-refractivity contribution in [3.8, 4) is 0 Å². The third-order valence-corrected chi connectivity index (χ3v) is 3.27. The molecule has 0 aliphatic carbocycles. The van der Waals surface area contributed by atoms with Crippen molar-refractivity contribution >= 4 is 11.9 Å². The second-order valence-electron chi connectivity index (χ2n) is 7.26. The summed E-state index contributed by atoms with van der Waals surface area (Å²) in [4.78, 5) is 23.5. The Labute approximate surface area is 141 Å². The van der Waals surface area contributed by atoms with E-state index in [0.29, 0.717) is 18.9 Å². The van der Waals surface area contributed by atoms with Crippen molar-refractivity contribution in [3.05, 3.63) is 0 Å². The van der Waals surface area contributed by atoms with Gasteiger partial charge in [-0.25, -0.2) is 0 Å². The number of hydrogen-bond acceptors (Lipinski definition) is 5. The maximum atomic E-state index is 11.7. The molecule has 0 fully saturated rings. The number of rotatable bonds is 10. The molecule has 0 rings (SSSR count). The van der Waals surface area contributed by atoms with Crippen LogP contribution in [0, 0.1) is 5.92 Å². The van der Waals surface area contributed by atoms with Crippen LogP contribution < -0.4 is 0 Å². The Morgan fingerprint density at radius 2 is 1.48 bits per heavy atom. The van der Waals surface area contributed by atoms with Gasteiger partial charge in [-0.05, 0) is 46.5 Å². The average Bonchev–Trinajstić information content (AvgIpc) is 2.41. The predicted molar refractivity (Wildman–Crippen MR) is 90.1 cm³/mol. The highest BCUT2D eigenvalue weighted by atomic mass is 16.6. The minimum Gasteiger partial charge on any atom is -0.462 e. The molecule has 0 saturated carbocycles. The smallest absolute Gasteiger partial charge is 0.306 e. The van der Waals surface area contributed by atoms with Crippen LogP contribution in [0.4, 0.5) is 0 Å². The van der Waals surface area contributed by atoms with E-state index in [2.05, 4.69) is 0 Å². The van der Waals surface area contributed by atoms with Gasteiger partial charge in [0, 0.05) is 12.8 Å². The van der Waals surface area contributed by atoms with Gasteiger partial charge in [0.05, 0.1) is 12.2 Å². The molecule has 0 aliphatic rings. The first-order valence-electron chi connectivity index (χ1n) is 8.58. The molecule has 0 amide bonds. The molecule has 0 aromatic rings. The second kappa shape index (κ2) is 10.6. The van der Waals surface area contributed by atoms with Gasteiger partial charge in [-0.3, -0.25) is 9.59 Å². The highest BCUT2D eigenvalue weighted by molar-refractivity contribution is 5.72. The normalized spacial score (nSPS) is 14.4. The van der Waals surface area contributed by atoms with Crippen molar-refractivity contribution in [1.82, 2.24) is 0 Å². The Morgan fingerprint density at radius 3 is 1.91 bits per heavy atom. The Bertz CT molecular complexity index is 357. The summed E-state index contributed by atoms with van der Waals surface area (Å²) in [5.74, 6) is -0.251. The van der Waals surface area contributed by atoms with Crippen LogP contribution in [0.25, 0.3) is 0 Å². The summed E-state index contributed by atoms with van der Waals surface area (Å²) in [7, 11) is 0. The lowest BCUT2D eigenvalue weighted by molar-refractivity contribution is -0.155. The van der Waals surface area contributed by atoms with Gasteiger partial charge in [0.1, 0.15) is 12.2 Å². The van der Waals surface area contributed by atoms with Gasteiger partial charge in [-0.1, -0.05) is 20.8 Å². The molecule has 5 heteroatoms. The summed E-state index contributed by atoms with van der Waals surface area (Å²) in [6, 6.07) is 0. The summed E-state index contributed by atoms with van der Waals surface area (Å²) in [6.45, 7) is 14.1. The number of hydrogen-bond donors (Lipinski definition) is 0. The third-order valence-electron chi connectivity index (χ3n) is 3.27. The molecule has 0 N–H and O–H groups in total. The quantitative estimate of drug-likeness (QED) is 0.569. The van der Waals surface area contributed by atoms with Gasteiger partial charge in [0.2, 0.25) is 0 Å². The van der Waals surface area contributed by atoms with Gasteiger partial charge < -0.3 is 14.2 Å². The Hall–Kier alpha value is -1.10. The number of carbonyl (C=O) groups excluding carboxylic acids is 2. The molecule has 0 radical (unpaired) electrons. The predicted octanol–water partition coefficient (Wildman–Crippen LogP) is 3.88. The molecule has 2 atom stereocenters. The van der Waals surface area contributed by atoms with Crippen LogP contribution in [0.1, 0.15) is 74.1 Å². The molecule has 136 valence electrons. The zero-order valence-corrected chi connectivity index (χ0v) is 15.8. The lowest BCUT2D eigenvalue weighted by Gasteiger charge is -2.22. The van der Waals surface area contributed by atoms with Crippen LogP contribution in [-0.4, -0.2) is 36.4 Å². The zero-order chi connectivity index (χ0) is 18.0. The van der Waals surface area contributed by atoms with Gasteiger partial charge in [-0.15, -0.1) is 0 Å². The largest absolute Gasteiger partial charge is 0.462 e. The summed E-state index contributed by atoms with van der Waals surface area (Å²) < 4.78 is 16.2. The Kier molecular flexibility index (Phi) is 10.1. The lowest BCUT2D eigenvalue weighted by Crippen LogP contribution is -2.27. The van der Waals surface area contributed by atoms with Crippen LogP contribution >= 0.6 is 0 Å². The van der Waals surface area contributed by atoms with E-state index in [4.69, 9.17) is 14.2 Å². The summed E-state index contributed by atoms with van der Waals surface area (Å²) in [5.41, 5.74) is -0.253. The highest BCUT2D eigenvalue weighted by Crippen LogP contribution is 2.13. The van der Waals surface area contributed by atoms with Gasteiger partial charge >= 0.3 is 11.9 Å². The van der Waals surface area contributed by atoms with Gasteiger partial charge in [0.15, 0.2) is 0 Å². The van der Waals surface area contributed by atoms with Gasteiger partial charge in [-0.2, -0.15) is 0 Å².